The van der Waals surface area contributed by atoms with Gasteiger partial charge < -0.3 is 15.2 Å². The van der Waals surface area contributed by atoms with Crippen LogP contribution < -0.4 is 5.32 Å². The van der Waals surface area contributed by atoms with Crippen LogP contribution in [0.2, 0.25) is 0 Å². The molecule has 0 atom stereocenters. The molecule has 2 saturated heterocycles. The van der Waals surface area contributed by atoms with E-state index in [9.17, 15) is 18.0 Å². The molecular weight excluding hydrogens is 452 g/mol. The summed E-state index contributed by atoms with van der Waals surface area (Å²) in [4.78, 5) is 31.0. The molecule has 1 saturated carbocycles. The van der Waals surface area contributed by atoms with Crippen molar-refractivity contribution in [1.82, 2.24) is 19.5 Å². The minimum Gasteiger partial charge on any atom is -0.361 e. The molecule has 1 aromatic rings. The van der Waals surface area contributed by atoms with E-state index in [0.29, 0.717) is 50.4 Å². The average molecular weight is 493 g/mol. The predicted octanol–water partition coefficient (Wildman–Crippen LogP) is 3.50. The summed E-state index contributed by atoms with van der Waals surface area (Å²) < 4.78 is 28.8. The van der Waals surface area contributed by atoms with Crippen LogP contribution in [0.1, 0.15) is 92.4 Å². The van der Waals surface area contributed by atoms with Gasteiger partial charge in [-0.25, -0.2) is 8.42 Å². The summed E-state index contributed by atoms with van der Waals surface area (Å²) in [6, 6.07) is 0.249. The van der Waals surface area contributed by atoms with E-state index in [1.165, 1.54) is 23.6 Å². The van der Waals surface area contributed by atoms with Crippen molar-refractivity contribution in [3.8, 4) is 0 Å². The molecule has 1 aliphatic carbocycles. The second-order valence-electron chi connectivity index (χ2n) is 10.3. The van der Waals surface area contributed by atoms with E-state index >= 15 is 0 Å². The monoisotopic (exact) mass is 492 g/mol. The molecule has 3 aliphatic rings. The van der Waals surface area contributed by atoms with Crippen LogP contribution in [0.4, 0.5) is 0 Å². The predicted molar refractivity (Wildman–Crippen MR) is 131 cm³/mol. The van der Waals surface area contributed by atoms with E-state index < -0.39 is 10.0 Å². The maximum atomic E-state index is 13.7. The number of aromatic amines is 1. The molecule has 4 rings (SSSR count). The highest BCUT2D eigenvalue weighted by Gasteiger charge is 2.38. The van der Waals surface area contributed by atoms with Crippen LogP contribution in [0.15, 0.2) is 4.90 Å². The van der Waals surface area contributed by atoms with E-state index in [1.807, 2.05) is 0 Å². The number of piperidine rings is 1. The van der Waals surface area contributed by atoms with Gasteiger partial charge in [-0.15, -0.1) is 0 Å². The summed E-state index contributed by atoms with van der Waals surface area (Å²) in [5, 5.41) is 3.25. The standard InChI is InChI=1S/C25H40N4O4S/c1-18-22(25(31)28-14-8-9-15-28)23(19(2)26-18)34(32,33)29-16-12-20(13-17-29)24(30)27-21-10-6-4-3-5-7-11-21/h20-21,26H,3-17H2,1-2H3,(H,27,30). The Balaban J connectivity index is 1.42. The fourth-order valence-electron chi connectivity index (χ4n) is 5.82. The fourth-order valence-corrected chi connectivity index (χ4v) is 7.71. The smallest absolute Gasteiger partial charge is 0.257 e. The molecule has 2 amide bonds. The molecule has 0 aromatic carbocycles. The first-order chi connectivity index (χ1) is 16.3. The van der Waals surface area contributed by atoms with Crippen LogP contribution in [0.3, 0.4) is 0 Å². The second-order valence-corrected chi connectivity index (χ2v) is 12.2. The summed E-state index contributed by atoms with van der Waals surface area (Å²) in [6.07, 6.45) is 11.1. The van der Waals surface area contributed by atoms with Crippen molar-refractivity contribution < 1.29 is 18.0 Å². The summed E-state index contributed by atoms with van der Waals surface area (Å²) in [5.74, 6) is -0.288. The summed E-state index contributed by atoms with van der Waals surface area (Å²) >= 11 is 0. The molecule has 8 nitrogen and oxygen atoms in total. The van der Waals surface area contributed by atoms with Crippen LogP contribution >= 0.6 is 0 Å². The Kier molecular flexibility index (Phi) is 8.02. The zero-order valence-corrected chi connectivity index (χ0v) is 21.5. The highest BCUT2D eigenvalue weighted by Crippen LogP contribution is 2.31. The Morgan fingerprint density at radius 3 is 2.03 bits per heavy atom. The van der Waals surface area contributed by atoms with Crippen LogP contribution in [-0.4, -0.2) is 66.6 Å². The maximum Gasteiger partial charge on any atom is 0.257 e. The minimum atomic E-state index is -3.84. The maximum absolute atomic E-state index is 13.7. The molecule has 190 valence electrons. The van der Waals surface area contributed by atoms with Gasteiger partial charge in [-0.1, -0.05) is 32.1 Å². The SMILES string of the molecule is Cc1[nH]c(C)c(S(=O)(=O)N2CCC(C(=O)NC3CCCCCCC3)CC2)c1C(=O)N1CCCC1. The Hall–Kier alpha value is -1.87. The quantitative estimate of drug-likeness (QED) is 0.657. The molecule has 0 unspecified atom stereocenters. The Morgan fingerprint density at radius 2 is 1.41 bits per heavy atom. The molecule has 1 aromatic heterocycles. The van der Waals surface area contributed by atoms with Gasteiger partial charge in [-0.05, 0) is 52.4 Å². The van der Waals surface area contributed by atoms with Crippen LogP contribution in [-0.2, 0) is 14.8 Å². The molecule has 2 N–H and O–H groups in total. The normalized spacial score (nSPS) is 21.9. The number of sulfonamides is 1. The third-order valence-corrected chi connectivity index (χ3v) is 9.87. The highest BCUT2D eigenvalue weighted by molar-refractivity contribution is 7.89. The number of rotatable bonds is 5. The van der Waals surface area contributed by atoms with Gasteiger partial charge in [-0.3, -0.25) is 9.59 Å². The van der Waals surface area contributed by atoms with E-state index in [0.717, 1.165) is 38.5 Å². The number of nitrogens with one attached hydrogen (secondary N) is 2. The molecule has 34 heavy (non-hydrogen) atoms. The molecule has 9 heteroatoms. The second kappa shape index (κ2) is 10.8. The number of hydrogen-bond acceptors (Lipinski definition) is 4. The molecule has 3 heterocycles. The van der Waals surface area contributed by atoms with Crippen molar-refractivity contribution in [1.29, 1.82) is 0 Å². The molecule has 0 bridgehead atoms. The van der Waals surface area contributed by atoms with E-state index in [4.69, 9.17) is 0 Å². The average Bonchev–Trinajstić information content (AvgIpc) is 3.43. The number of amides is 2. The van der Waals surface area contributed by atoms with E-state index in [2.05, 4.69) is 10.3 Å². The highest BCUT2D eigenvalue weighted by atomic mass is 32.2. The van der Waals surface area contributed by atoms with Crippen molar-refractivity contribution in [3.63, 3.8) is 0 Å². The lowest BCUT2D eigenvalue weighted by molar-refractivity contribution is -0.127. The number of H-pyrrole nitrogens is 1. The number of hydrogen-bond donors (Lipinski definition) is 2. The zero-order valence-electron chi connectivity index (χ0n) is 20.7. The van der Waals surface area contributed by atoms with Gasteiger partial charge in [0.25, 0.3) is 5.91 Å². The molecule has 0 spiro atoms. The van der Waals surface area contributed by atoms with Crippen LogP contribution in [0, 0.1) is 19.8 Å². The summed E-state index contributed by atoms with van der Waals surface area (Å²) in [5.41, 5.74) is 1.38. The number of carbonyl (C=O) groups is 2. The van der Waals surface area contributed by atoms with Gasteiger partial charge in [0.05, 0.1) is 5.56 Å². The van der Waals surface area contributed by atoms with Crippen LogP contribution in [0.25, 0.3) is 0 Å². The van der Waals surface area contributed by atoms with Gasteiger partial charge in [-0.2, -0.15) is 4.31 Å². The lowest BCUT2D eigenvalue weighted by atomic mass is 9.94. The first-order valence-electron chi connectivity index (χ1n) is 13.1. The molecule has 0 radical (unpaired) electrons. The van der Waals surface area contributed by atoms with Gasteiger partial charge in [0, 0.05) is 49.5 Å². The Bertz CT molecular complexity index is 981. The van der Waals surface area contributed by atoms with Crippen molar-refractivity contribution in [2.75, 3.05) is 26.2 Å². The minimum absolute atomic E-state index is 0.0705. The number of aromatic nitrogens is 1. The largest absolute Gasteiger partial charge is 0.361 e. The molecule has 2 aliphatic heterocycles. The number of nitrogens with zero attached hydrogens (tertiary/aromatic N) is 2. The zero-order chi connectivity index (χ0) is 24.3. The first kappa shape index (κ1) is 25.2. The topological polar surface area (TPSA) is 103 Å². The Morgan fingerprint density at radius 1 is 0.824 bits per heavy atom. The van der Waals surface area contributed by atoms with Gasteiger partial charge >= 0.3 is 0 Å². The Labute approximate surface area is 203 Å². The van der Waals surface area contributed by atoms with Crippen LogP contribution in [0.5, 0.6) is 0 Å². The van der Waals surface area contributed by atoms with Gasteiger partial charge in [0.15, 0.2) is 0 Å². The number of aryl methyl sites for hydroxylation is 2. The molecular formula is C25H40N4O4S. The first-order valence-corrected chi connectivity index (χ1v) is 14.5. The summed E-state index contributed by atoms with van der Waals surface area (Å²) in [6.45, 7) is 5.42. The third-order valence-electron chi connectivity index (χ3n) is 7.80. The van der Waals surface area contributed by atoms with Crippen molar-refractivity contribution in [3.05, 3.63) is 17.0 Å². The van der Waals surface area contributed by atoms with E-state index in [1.54, 1.807) is 18.7 Å². The van der Waals surface area contributed by atoms with Gasteiger partial charge in [0.1, 0.15) is 4.90 Å². The third kappa shape index (κ3) is 5.35. The number of likely N-dealkylation sites (tertiary alicyclic amines) is 1. The van der Waals surface area contributed by atoms with E-state index in [-0.39, 0.29) is 34.2 Å². The summed E-state index contributed by atoms with van der Waals surface area (Å²) in [7, 11) is -3.84. The fraction of sp³-hybridized carbons (Fsp3) is 0.760. The van der Waals surface area contributed by atoms with Crippen molar-refractivity contribution in [2.24, 2.45) is 5.92 Å². The van der Waals surface area contributed by atoms with Crippen molar-refractivity contribution in [2.45, 2.75) is 95.4 Å². The lowest BCUT2D eigenvalue weighted by Gasteiger charge is -2.32. The number of carbonyl (C=O) groups excluding carboxylic acids is 2. The van der Waals surface area contributed by atoms with Gasteiger partial charge in [0.2, 0.25) is 15.9 Å². The molecule has 3 fully saturated rings. The lowest BCUT2D eigenvalue weighted by Crippen LogP contribution is -2.45. The van der Waals surface area contributed by atoms with Crippen molar-refractivity contribution >= 4 is 21.8 Å².